The average Bonchev–Trinajstić information content (AvgIpc) is 3.52. The highest BCUT2D eigenvalue weighted by Crippen LogP contribution is 2.26. The van der Waals surface area contributed by atoms with Gasteiger partial charge in [0.15, 0.2) is 5.13 Å². The van der Waals surface area contributed by atoms with Gasteiger partial charge >= 0.3 is 0 Å². The third-order valence-corrected chi connectivity index (χ3v) is 6.32. The van der Waals surface area contributed by atoms with Crippen LogP contribution in [0.1, 0.15) is 36.5 Å². The molecule has 2 aliphatic rings. The smallest absolute Gasteiger partial charge is 0.251 e. The minimum absolute atomic E-state index is 0.0677. The number of hydrogen-bond donors (Lipinski definition) is 3. The lowest BCUT2D eigenvalue weighted by Crippen LogP contribution is -2.57. The summed E-state index contributed by atoms with van der Waals surface area (Å²) in [5.74, 6) is -0.669. The molecule has 2 aromatic rings. The predicted molar refractivity (Wildman–Crippen MR) is 121 cm³/mol. The molecule has 0 radical (unpaired) electrons. The first-order chi connectivity index (χ1) is 15.5. The van der Waals surface area contributed by atoms with Crippen molar-refractivity contribution in [1.29, 1.82) is 0 Å². The Kier molecular flexibility index (Phi) is 6.83. The Bertz CT molecular complexity index is 988. The van der Waals surface area contributed by atoms with Crippen LogP contribution >= 0.6 is 11.3 Å². The van der Waals surface area contributed by atoms with Crippen molar-refractivity contribution >= 4 is 34.2 Å². The summed E-state index contributed by atoms with van der Waals surface area (Å²) in [6, 6.07) is 6.14. The summed E-state index contributed by atoms with van der Waals surface area (Å²) in [5, 5.41) is 8.02. The van der Waals surface area contributed by atoms with Crippen LogP contribution in [0, 0.1) is 0 Å². The number of benzene rings is 1. The van der Waals surface area contributed by atoms with Crippen molar-refractivity contribution < 1.29 is 19.1 Å². The average molecular weight is 458 g/mol. The maximum Gasteiger partial charge on any atom is 0.251 e. The highest BCUT2D eigenvalue weighted by Gasteiger charge is 2.35. The molecule has 2 unspecified atom stereocenters. The number of ether oxygens (including phenoxy) is 1. The molecule has 2 atom stereocenters. The predicted octanol–water partition coefficient (Wildman–Crippen LogP) is 1.61. The van der Waals surface area contributed by atoms with Crippen LogP contribution in [0.4, 0.5) is 5.13 Å². The van der Waals surface area contributed by atoms with E-state index in [2.05, 4.69) is 15.6 Å². The zero-order valence-electron chi connectivity index (χ0n) is 17.9. The number of rotatable bonds is 7. The molecule has 1 aliphatic carbocycles. The molecule has 2 heterocycles. The molecule has 1 aromatic heterocycles. The fraction of sp³-hybridized carbons (Fsp3) is 0.455. The Balaban J connectivity index is 1.40. The molecule has 1 aliphatic heterocycles. The number of aromatic nitrogens is 1. The Morgan fingerprint density at radius 1 is 1.28 bits per heavy atom. The van der Waals surface area contributed by atoms with Crippen molar-refractivity contribution in [2.45, 2.75) is 44.3 Å². The van der Waals surface area contributed by atoms with Crippen LogP contribution in [0.25, 0.3) is 11.3 Å². The Morgan fingerprint density at radius 3 is 2.72 bits per heavy atom. The fourth-order valence-corrected chi connectivity index (χ4v) is 4.14. The molecule has 170 valence electrons. The van der Waals surface area contributed by atoms with Crippen LogP contribution in [-0.4, -0.2) is 65.5 Å². The van der Waals surface area contributed by atoms with Gasteiger partial charge in [0.25, 0.3) is 11.8 Å². The van der Waals surface area contributed by atoms with Crippen molar-refractivity contribution in [3.8, 4) is 11.3 Å². The number of nitrogens with zero attached hydrogens (tertiary/aromatic N) is 2. The minimum Gasteiger partial charge on any atom is -0.377 e. The molecule has 0 bridgehead atoms. The normalized spacial score (nSPS) is 19.3. The van der Waals surface area contributed by atoms with Gasteiger partial charge < -0.3 is 26.0 Å². The van der Waals surface area contributed by atoms with Gasteiger partial charge in [0.1, 0.15) is 6.04 Å². The number of carbonyl (C=O) groups is 3. The van der Waals surface area contributed by atoms with E-state index in [1.54, 1.807) is 12.1 Å². The molecule has 4 rings (SSSR count). The van der Waals surface area contributed by atoms with Crippen LogP contribution in [0.15, 0.2) is 29.6 Å². The second kappa shape index (κ2) is 9.76. The maximum absolute atomic E-state index is 12.8. The minimum atomic E-state index is -0.745. The molecule has 2 fully saturated rings. The first-order valence-corrected chi connectivity index (χ1v) is 11.7. The first kappa shape index (κ1) is 22.4. The largest absolute Gasteiger partial charge is 0.377 e. The molecule has 1 saturated heterocycles. The van der Waals surface area contributed by atoms with E-state index in [9.17, 15) is 14.4 Å². The van der Waals surface area contributed by atoms with Crippen LogP contribution < -0.4 is 16.4 Å². The SMILES string of the molecule is CCC(N)C(=O)N1CCOCC1C(=O)Nc1nc(-c2ccc(C(=O)NC3CC3)cc2)cs1. The number of thiazole rings is 1. The summed E-state index contributed by atoms with van der Waals surface area (Å²) in [5.41, 5.74) is 8.03. The highest BCUT2D eigenvalue weighted by molar-refractivity contribution is 7.14. The number of carbonyl (C=O) groups excluding carboxylic acids is 3. The first-order valence-electron chi connectivity index (χ1n) is 10.8. The molecule has 0 spiro atoms. The fourth-order valence-electron chi connectivity index (χ4n) is 3.41. The third-order valence-electron chi connectivity index (χ3n) is 5.56. The Hall–Kier alpha value is -2.82. The van der Waals surface area contributed by atoms with Crippen molar-refractivity contribution in [3.63, 3.8) is 0 Å². The summed E-state index contributed by atoms with van der Waals surface area (Å²) < 4.78 is 5.42. The van der Waals surface area contributed by atoms with Gasteiger partial charge in [0, 0.05) is 29.1 Å². The monoisotopic (exact) mass is 457 g/mol. The zero-order chi connectivity index (χ0) is 22.7. The highest BCUT2D eigenvalue weighted by atomic mass is 32.1. The number of amides is 3. The summed E-state index contributed by atoms with van der Waals surface area (Å²) >= 11 is 1.29. The van der Waals surface area contributed by atoms with Crippen LogP contribution in [0.5, 0.6) is 0 Å². The summed E-state index contributed by atoms with van der Waals surface area (Å²) in [6.07, 6.45) is 2.59. The van der Waals surface area contributed by atoms with Gasteiger partial charge in [-0.2, -0.15) is 0 Å². The summed E-state index contributed by atoms with van der Waals surface area (Å²) in [6.45, 7) is 2.66. The molecule has 9 nitrogen and oxygen atoms in total. The van der Waals surface area contributed by atoms with Gasteiger partial charge in [-0.25, -0.2) is 4.98 Å². The maximum atomic E-state index is 12.8. The summed E-state index contributed by atoms with van der Waals surface area (Å²) in [7, 11) is 0. The van der Waals surface area contributed by atoms with Gasteiger partial charge in [-0.05, 0) is 31.4 Å². The van der Waals surface area contributed by atoms with E-state index >= 15 is 0 Å². The van der Waals surface area contributed by atoms with Crippen molar-refractivity contribution in [1.82, 2.24) is 15.2 Å². The van der Waals surface area contributed by atoms with Gasteiger partial charge in [-0.3, -0.25) is 14.4 Å². The van der Waals surface area contributed by atoms with E-state index in [1.165, 1.54) is 16.2 Å². The Morgan fingerprint density at radius 2 is 2.03 bits per heavy atom. The molecular formula is C22H27N5O4S. The van der Waals surface area contributed by atoms with E-state index in [0.717, 1.165) is 18.4 Å². The molecular weight excluding hydrogens is 430 g/mol. The van der Waals surface area contributed by atoms with Crippen LogP contribution in [0.2, 0.25) is 0 Å². The van der Waals surface area contributed by atoms with E-state index in [0.29, 0.717) is 42.0 Å². The Labute approximate surface area is 190 Å². The lowest BCUT2D eigenvalue weighted by molar-refractivity contribution is -0.147. The zero-order valence-corrected chi connectivity index (χ0v) is 18.7. The summed E-state index contributed by atoms with van der Waals surface area (Å²) in [4.78, 5) is 43.5. The van der Waals surface area contributed by atoms with E-state index in [-0.39, 0.29) is 24.3 Å². The topological polar surface area (TPSA) is 127 Å². The molecule has 32 heavy (non-hydrogen) atoms. The van der Waals surface area contributed by atoms with Crippen molar-refractivity contribution in [3.05, 3.63) is 35.2 Å². The second-order valence-corrected chi connectivity index (χ2v) is 8.85. The molecule has 4 N–H and O–H groups in total. The van der Waals surface area contributed by atoms with E-state index in [1.807, 2.05) is 24.4 Å². The molecule has 1 saturated carbocycles. The molecule has 1 aromatic carbocycles. The van der Waals surface area contributed by atoms with Gasteiger partial charge in [0.05, 0.1) is 24.9 Å². The standard InChI is InChI=1S/C22H27N5O4S/c1-2-16(23)21(30)27-9-10-31-11-18(27)20(29)26-22-25-17(12-32-22)13-3-5-14(6-4-13)19(28)24-15-7-8-15/h3-6,12,15-16,18H,2,7-11,23H2,1H3,(H,24,28)(H,25,26,29). The molecule has 3 amide bonds. The lowest BCUT2D eigenvalue weighted by Gasteiger charge is -2.35. The number of anilines is 1. The van der Waals surface area contributed by atoms with E-state index in [4.69, 9.17) is 10.5 Å². The molecule has 10 heteroatoms. The third kappa shape index (κ3) is 5.14. The number of nitrogens with two attached hydrogens (primary N) is 1. The quantitative estimate of drug-likeness (QED) is 0.580. The number of nitrogens with one attached hydrogen (secondary N) is 2. The van der Waals surface area contributed by atoms with Crippen molar-refractivity contribution in [2.75, 3.05) is 25.1 Å². The van der Waals surface area contributed by atoms with E-state index < -0.39 is 12.1 Å². The van der Waals surface area contributed by atoms with Crippen molar-refractivity contribution in [2.24, 2.45) is 5.73 Å². The number of morpholine rings is 1. The second-order valence-electron chi connectivity index (χ2n) is 7.99. The van der Waals surface area contributed by atoms with Crippen LogP contribution in [-0.2, 0) is 14.3 Å². The number of hydrogen-bond acceptors (Lipinski definition) is 7. The van der Waals surface area contributed by atoms with Gasteiger partial charge in [-0.15, -0.1) is 11.3 Å². The van der Waals surface area contributed by atoms with Gasteiger partial charge in [-0.1, -0.05) is 19.1 Å². The lowest BCUT2D eigenvalue weighted by atomic mass is 10.1. The van der Waals surface area contributed by atoms with Gasteiger partial charge in [0.2, 0.25) is 5.91 Å². The van der Waals surface area contributed by atoms with Crippen LogP contribution in [0.3, 0.4) is 0 Å².